The Bertz CT molecular complexity index is 1720. The number of hydrogen-bond acceptors (Lipinski definition) is 12. The zero-order chi connectivity index (χ0) is 42.2. The number of methoxy groups -OCH3 is 2. The van der Waals surface area contributed by atoms with Gasteiger partial charge in [-0.15, -0.1) is 0 Å². The molecule has 0 amide bonds. The van der Waals surface area contributed by atoms with Crippen molar-refractivity contribution < 1.29 is 47.9 Å². The number of aromatic nitrogens is 2. The van der Waals surface area contributed by atoms with Crippen LogP contribution in [-0.2, 0) is 49.3 Å². The van der Waals surface area contributed by atoms with Crippen molar-refractivity contribution in [2.24, 2.45) is 23.7 Å². The van der Waals surface area contributed by atoms with Crippen molar-refractivity contribution in [1.29, 1.82) is 0 Å². The quantitative estimate of drug-likeness (QED) is 0.337. The molecule has 1 N–H and O–H groups in total. The number of esters is 1. The summed E-state index contributed by atoms with van der Waals surface area (Å²) in [4.78, 5) is 37.3. The van der Waals surface area contributed by atoms with Crippen molar-refractivity contribution >= 4 is 11.8 Å². The van der Waals surface area contributed by atoms with Crippen molar-refractivity contribution in [3.63, 3.8) is 0 Å². The van der Waals surface area contributed by atoms with Crippen molar-refractivity contribution in [1.82, 2.24) is 14.5 Å². The van der Waals surface area contributed by atoms with Gasteiger partial charge in [0.25, 0.3) is 0 Å². The second kappa shape index (κ2) is 18.1. The van der Waals surface area contributed by atoms with Crippen LogP contribution >= 0.6 is 0 Å². The van der Waals surface area contributed by atoms with Crippen LogP contribution in [0.15, 0.2) is 36.9 Å². The fraction of sp³-hybridized carbons (Fsp3) is 0.756. The summed E-state index contributed by atoms with van der Waals surface area (Å²) < 4.78 is 47.1. The molecule has 3 saturated heterocycles. The van der Waals surface area contributed by atoms with Gasteiger partial charge in [0.05, 0.1) is 35.4 Å². The number of ketones is 1. The topological polar surface area (TPSA) is 140 Å². The van der Waals surface area contributed by atoms with Gasteiger partial charge in [-0.3, -0.25) is 19.5 Å². The van der Waals surface area contributed by atoms with Crippen molar-refractivity contribution in [3.05, 3.63) is 42.5 Å². The van der Waals surface area contributed by atoms with Crippen LogP contribution in [0.25, 0.3) is 11.1 Å². The van der Waals surface area contributed by atoms with Gasteiger partial charge in [-0.25, -0.2) is 0 Å². The van der Waals surface area contributed by atoms with Crippen LogP contribution in [0.5, 0.6) is 0 Å². The summed E-state index contributed by atoms with van der Waals surface area (Å²) >= 11 is 0. The smallest absolute Gasteiger partial charge is 0.311 e. The highest BCUT2D eigenvalue weighted by Crippen LogP contribution is 2.45. The van der Waals surface area contributed by atoms with E-state index in [1.807, 2.05) is 47.0 Å². The van der Waals surface area contributed by atoms with Crippen LogP contribution in [-0.4, -0.2) is 119 Å². The van der Waals surface area contributed by atoms with Crippen LogP contribution in [0.3, 0.4) is 0 Å². The van der Waals surface area contributed by atoms with E-state index in [1.165, 1.54) is 0 Å². The van der Waals surface area contributed by atoms with E-state index in [0.717, 1.165) is 36.1 Å². The second-order valence-corrected chi connectivity index (χ2v) is 18.2. The van der Waals surface area contributed by atoms with Crippen LogP contribution < -0.4 is 0 Å². The molecule has 0 unspecified atom stereocenters. The largest absolute Gasteiger partial charge is 0.459 e. The number of cyclic esters (lactones) is 1. The van der Waals surface area contributed by atoms with Gasteiger partial charge in [-0.1, -0.05) is 27.7 Å². The highest BCUT2D eigenvalue weighted by atomic mass is 16.7. The molecule has 2 aromatic heterocycles. The Balaban J connectivity index is 1.52. The minimum absolute atomic E-state index is 0.0150. The molecule has 3 fully saturated rings. The summed E-state index contributed by atoms with van der Waals surface area (Å²) in [6.07, 6.45) is 7.05. The predicted molar refractivity (Wildman–Crippen MR) is 218 cm³/mol. The maximum absolute atomic E-state index is 15.6. The number of carbonyl (C=O) groups is 2. The number of aliphatic hydroxyl groups excluding tert-OH is 1. The van der Waals surface area contributed by atoms with E-state index in [4.69, 9.17) is 38.1 Å². The van der Waals surface area contributed by atoms with Gasteiger partial charge in [0.1, 0.15) is 37.1 Å². The van der Waals surface area contributed by atoms with Crippen molar-refractivity contribution in [2.75, 3.05) is 34.3 Å². The lowest BCUT2D eigenvalue weighted by molar-refractivity contribution is -0.298. The SMILES string of the molecule is CC[C@H]1OC(=O)[C@H](C)[C@@H](O[C@H]2C[C@@](C)(OC)[C@@H](O)[C@H](C)O2)[C@H](C)[C@@H](C)[C@](C)(OC)C[C@@H]2C(=O)[C@H](C)[C@H]3N(CCCCn4ccc(c4)-c4cncc2c4)COCO[C@]13C. The molecular weight excluding hydrogens is 743 g/mol. The molecule has 0 aliphatic carbocycles. The molecule has 6 rings (SSSR count). The molecule has 14 atom stereocenters. The summed E-state index contributed by atoms with van der Waals surface area (Å²) in [7, 11) is 3.26. The Kier molecular flexibility index (Phi) is 14.0. The highest BCUT2D eigenvalue weighted by Gasteiger charge is 2.55. The third-order valence-corrected chi connectivity index (χ3v) is 14.6. The Hall–Kier alpha value is -2.75. The summed E-state index contributed by atoms with van der Waals surface area (Å²) in [6, 6.07) is 3.70. The van der Waals surface area contributed by atoms with Gasteiger partial charge >= 0.3 is 5.97 Å². The number of Topliss-reactive ketones (excluding diaryl/α,β-unsaturated/α-hetero) is 1. The zero-order valence-electron chi connectivity index (χ0n) is 36.6. The Morgan fingerprint density at radius 2 is 1.67 bits per heavy atom. The van der Waals surface area contributed by atoms with Crippen LogP contribution in [0.2, 0.25) is 0 Å². The number of rotatable bonds is 5. The lowest BCUT2D eigenvalue weighted by Gasteiger charge is -2.49. The van der Waals surface area contributed by atoms with E-state index in [2.05, 4.69) is 54.8 Å². The average Bonchev–Trinajstić information content (AvgIpc) is 3.63. The number of nitrogens with zero attached hydrogens (tertiary/aromatic N) is 3. The van der Waals surface area contributed by atoms with Crippen LogP contribution in [0.4, 0.5) is 0 Å². The maximum Gasteiger partial charge on any atom is 0.311 e. The number of pyridine rings is 1. The van der Waals surface area contributed by atoms with Gasteiger partial charge in [-0.05, 0) is 89.8 Å². The molecule has 0 spiro atoms. The Morgan fingerprint density at radius 3 is 2.38 bits per heavy atom. The second-order valence-electron chi connectivity index (χ2n) is 18.2. The van der Waals surface area contributed by atoms with Gasteiger partial charge in [-0.2, -0.15) is 0 Å². The summed E-state index contributed by atoms with van der Waals surface area (Å²) in [5, 5.41) is 11.0. The summed E-state index contributed by atoms with van der Waals surface area (Å²) in [5.74, 6) is -2.89. The first kappa shape index (κ1) is 44.8. The van der Waals surface area contributed by atoms with Gasteiger partial charge in [0.15, 0.2) is 6.29 Å². The molecular formula is C45H69N3O10. The minimum atomic E-state index is -1.13. The highest BCUT2D eigenvalue weighted by molar-refractivity contribution is 5.89. The van der Waals surface area contributed by atoms with Gasteiger partial charge in [0, 0.05) is 81.5 Å². The molecule has 4 aliphatic rings. The molecule has 6 heterocycles. The first-order valence-corrected chi connectivity index (χ1v) is 21.4. The van der Waals surface area contributed by atoms with E-state index in [0.29, 0.717) is 19.4 Å². The monoisotopic (exact) mass is 811 g/mol. The van der Waals surface area contributed by atoms with Crippen LogP contribution in [0.1, 0.15) is 106 Å². The molecule has 2 aromatic rings. The van der Waals surface area contributed by atoms with E-state index in [9.17, 15) is 9.90 Å². The molecule has 0 saturated carbocycles. The van der Waals surface area contributed by atoms with E-state index < -0.39 is 77.3 Å². The number of hydrogen-bond donors (Lipinski definition) is 1. The number of aryl methyl sites for hydroxylation is 1. The standard InChI is InChI=1S/C45H69N3O10/c1-12-36-45(9)40-28(3)38(49)35(34-19-33(22-46-23-34)32-15-18-47(24-32)16-13-14-17-48(40)25-54-26-55-45)20-43(7,52-10)30(5)27(2)39(29(4)42(51)57-36)58-37-21-44(8,53-11)41(50)31(6)56-37/h15,18-19,22-24,27-31,35-37,39-41,50H,12-14,16-17,20-21,25-26H2,1-11H3/t27-,28+,29-,30-,31+,35+,36-,37+,39+,40-,41+,43-,44-,45-/m1/s1. The molecule has 0 aromatic carbocycles. The third kappa shape index (κ3) is 8.70. The Labute approximate surface area is 345 Å². The van der Waals surface area contributed by atoms with E-state index in [1.54, 1.807) is 21.1 Å². The first-order chi connectivity index (χ1) is 27.5. The number of aliphatic hydroxyl groups is 1. The average molecular weight is 812 g/mol. The molecule has 58 heavy (non-hydrogen) atoms. The van der Waals surface area contributed by atoms with E-state index in [-0.39, 0.29) is 37.6 Å². The van der Waals surface area contributed by atoms with Crippen molar-refractivity contribution in [3.8, 4) is 11.1 Å². The number of carbonyl (C=O) groups excluding carboxylic acids is 2. The summed E-state index contributed by atoms with van der Waals surface area (Å²) in [5.41, 5.74) is -0.144. The fourth-order valence-electron chi connectivity index (χ4n) is 10.3. The summed E-state index contributed by atoms with van der Waals surface area (Å²) in [6.45, 7) is 19.4. The van der Waals surface area contributed by atoms with Crippen molar-refractivity contribution in [2.45, 2.75) is 160 Å². The molecule has 13 heteroatoms. The van der Waals surface area contributed by atoms with Crippen LogP contribution in [0, 0.1) is 23.7 Å². The fourth-order valence-corrected chi connectivity index (χ4v) is 10.3. The third-order valence-electron chi connectivity index (χ3n) is 14.6. The lowest BCUT2D eigenvalue weighted by Crippen LogP contribution is -2.63. The van der Waals surface area contributed by atoms with Gasteiger partial charge in [0.2, 0.25) is 0 Å². The predicted octanol–water partition coefficient (Wildman–Crippen LogP) is 6.35. The lowest BCUT2D eigenvalue weighted by atomic mass is 9.68. The number of ether oxygens (including phenoxy) is 7. The zero-order valence-corrected chi connectivity index (χ0v) is 36.6. The Morgan fingerprint density at radius 1 is 0.948 bits per heavy atom. The maximum atomic E-state index is 15.6. The molecule has 13 nitrogen and oxygen atoms in total. The molecule has 0 radical (unpaired) electrons. The van der Waals surface area contributed by atoms with Gasteiger partial charge < -0.3 is 42.8 Å². The van der Waals surface area contributed by atoms with E-state index >= 15 is 4.79 Å². The number of fused-ring (bicyclic) bond motifs is 8. The minimum Gasteiger partial charge on any atom is -0.459 e. The molecule has 6 bridgehead atoms. The molecule has 4 aliphatic heterocycles. The molecule has 324 valence electrons. The first-order valence-electron chi connectivity index (χ1n) is 21.4. The normalized spacial score (nSPS) is 41.1.